The van der Waals surface area contributed by atoms with Crippen molar-refractivity contribution >= 4 is 5.78 Å². The average molecular weight is 256 g/mol. The summed E-state index contributed by atoms with van der Waals surface area (Å²) in [5.74, 6) is 1.97. The second-order valence-corrected chi connectivity index (χ2v) is 4.79. The van der Waals surface area contributed by atoms with Crippen molar-refractivity contribution in [3.05, 3.63) is 53.5 Å². The molecule has 2 aromatic rings. The van der Waals surface area contributed by atoms with E-state index in [4.69, 9.17) is 9.15 Å². The van der Waals surface area contributed by atoms with Gasteiger partial charge < -0.3 is 9.15 Å². The van der Waals surface area contributed by atoms with Crippen LogP contribution in [0.15, 0.2) is 40.8 Å². The van der Waals surface area contributed by atoms with Crippen molar-refractivity contribution < 1.29 is 13.9 Å². The highest BCUT2D eigenvalue weighted by molar-refractivity contribution is 6.07. The maximum absolute atomic E-state index is 12.2. The Balaban J connectivity index is 1.75. The SMILES string of the molecule is CCc1ccc(C(=O)c2ccc(OC3CC3)cc2)o1. The first kappa shape index (κ1) is 12.0. The molecule has 0 bridgehead atoms. The molecular weight excluding hydrogens is 240 g/mol. The Morgan fingerprint density at radius 1 is 1.21 bits per heavy atom. The number of hydrogen-bond donors (Lipinski definition) is 0. The lowest BCUT2D eigenvalue weighted by Gasteiger charge is -2.04. The molecule has 0 saturated heterocycles. The lowest BCUT2D eigenvalue weighted by Crippen LogP contribution is -2.00. The van der Waals surface area contributed by atoms with Gasteiger partial charge in [0, 0.05) is 12.0 Å². The highest BCUT2D eigenvalue weighted by atomic mass is 16.5. The van der Waals surface area contributed by atoms with E-state index in [1.54, 1.807) is 18.2 Å². The normalized spacial score (nSPS) is 14.4. The Labute approximate surface area is 112 Å². The Hall–Kier alpha value is -2.03. The fourth-order valence-electron chi connectivity index (χ4n) is 1.90. The van der Waals surface area contributed by atoms with Crippen LogP contribution in [0.4, 0.5) is 0 Å². The van der Waals surface area contributed by atoms with Gasteiger partial charge in [0.15, 0.2) is 5.76 Å². The van der Waals surface area contributed by atoms with E-state index in [0.29, 0.717) is 17.4 Å². The molecule has 1 aromatic carbocycles. The smallest absolute Gasteiger partial charge is 0.228 e. The molecule has 1 fully saturated rings. The molecule has 1 aliphatic rings. The van der Waals surface area contributed by atoms with Crippen LogP contribution in [-0.2, 0) is 6.42 Å². The topological polar surface area (TPSA) is 39.4 Å². The molecule has 0 atom stereocenters. The molecule has 0 aliphatic heterocycles. The van der Waals surface area contributed by atoms with E-state index in [2.05, 4.69) is 0 Å². The molecule has 1 heterocycles. The number of ketones is 1. The summed E-state index contributed by atoms with van der Waals surface area (Å²) < 4.78 is 11.1. The molecule has 3 heteroatoms. The summed E-state index contributed by atoms with van der Waals surface area (Å²) in [4.78, 5) is 12.2. The number of carbonyl (C=O) groups excluding carboxylic acids is 1. The lowest BCUT2D eigenvalue weighted by atomic mass is 10.1. The van der Waals surface area contributed by atoms with Crippen LogP contribution in [0.3, 0.4) is 0 Å². The predicted molar refractivity (Wildman–Crippen MR) is 71.6 cm³/mol. The Bertz CT molecular complexity index is 576. The van der Waals surface area contributed by atoms with Gasteiger partial charge in [-0.05, 0) is 49.2 Å². The molecule has 1 aliphatic carbocycles. The van der Waals surface area contributed by atoms with Crippen LogP contribution >= 0.6 is 0 Å². The number of rotatable bonds is 5. The van der Waals surface area contributed by atoms with Crippen LogP contribution in [0.1, 0.15) is 41.6 Å². The predicted octanol–water partition coefficient (Wildman–Crippen LogP) is 3.61. The van der Waals surface area contributed by atoms with Gasteiger partial charge >= 0.3 is 0 Å². The summed E-state index contributed by atoms with van der Waals surface area (Å²) in [6, 6.07) is 10.8. The maximum Gasteiger partial charge on any atom is 0.228 e. The summed E-state index contributed by atoms with van der Waals surface area (Å²) in [7, 11) is 0. The maximum atomic E-state index is 12.2. The van der Waals surface area contributed by atoms with Gasteiger partial charge in [0.25, 0.3) is 0 Å². The van der Waals surface area contributed by atoms with Crippen LogP contribution in [0.5, 0.6) is 5.75 Å². The zero-order valence-electron chi connectivity index (χ0n) is 10.9. The first-order chi connectivity index (χ1) is 9.26. The Morgan fingerprint density at radius 2 is 1.95 bits per heavy atom. The number of aryl methyl sites for hydroxylation is 1. The van der Waals surface area contributed by atoms with Crippen LogP contribution in [0, 0.1) is 0 Å². The van der Waals surface area contributed by atoms with Crippen molar-refractivity contribution in [2.24, 2.45) is 0 Å². The molecule has 3 nitrogen and oxygen atoms in total. The molecule has 0 unspecified atom stereocenters. The van der Waals surface area contributed by atoms with Crippen LogP contribution < -0.4 is 4.74 Å². The van der Waals surface area contributed by atoms with Gasteiger partial charge in [0.1, 0.15) is 11.5 Å². The zero-order chi connectivity index (χ0) is 13.2. The van der Waals surface area contributed by atoms with E-state index in [-0.39, 0.29) is 5.78 Å². The van der Waals surface area contributed by atoms with Crippen molar-refractivity contribution in [3.63, 3.8) is 0 Å². The van der Waals surface area contributed by atoms with Crippen LogP contribution in [0.2, 0.25) is 0 Å². The fraction of sp³-hybridized carbons (Fsp3) is 0.312. The summed E-state index contributed by atoms with van der Waals surface area (Å²) in [6.45, 7) is 2.00. The Kier molecular flexibility index (Phi) is 3.11. The van der Waals surface area contributed by atoms with E-state index in [0.717, 1.165) is 30.8 Å². The van der Waals surface area contributed by atoms with E-state index < -0.39 is 0 Å². The fourth-order valence-corrected chi connectivity index (χ4v) is 1.90. The van der Waals surface area contributed by atoms with Gasteiger partial charge in [-0.15, -0.1) is 0 Å². The molecule has 1 saturated carbocycles. The molecule has 3 rings (SSSR count). The molecule has 1 aromatic heterocycles. The number of ether oxygens (including phenoxy) is 1. The molecule has 0 N–H and O–H groups in total. The highest BCUT2D eigenvalue weighted by Gasteiger charge is 2.23. The molecular formula is C16H16O3. The largest absolute Gasteiger partial charge is 0.490 e. The van der Waals surface area contributed by atoms with Gasteiger partial charge in [0.2, 0.25) is 5.78 Å². The summed E-state index contributed by atoms with van der Waals surface area (Å²) in [5, 5.41) is 0. The van der Waals surface area contributed by atoms with Gasteiger partial charge in [-0.1, -0.05) is 6.92 Å². The lowest BCUT2D eigenvalue weighted by molar-refractivity contribution is 0.101. The van der Waals surface area contributed by atoms with E-state index in [9.17, 15) is 4.79 Å². The third kappa shape index (κ3) is 2.70. The number of benzene rings is 1. The number of furan rings is 1. The second-order valence-electron chi connectivity index (χ2n) is 4.79. The first-order valence-corrected chi connectivity index (χ1v) is 6.66. The van der Waals surface area contributed by atoms with E-state index in [1.807, 2.05) is 25.1 Å². The van der Waals surface area contributed by atoms with Crippen molar-refractivity contribution in [2.45, 2.75) is 32.3 Å². The quantitative estimate of drug-likeness (QED) is 0.767. The standard InChI is InChI=1S/C16H16O3/c1-2-12-9-10-15(19-12)16(17)11-3-5-13(6-4-11)18-14-7-8-14/h3-6,9-10,14H,2,7-8H2,1H3. The molecule has 0 spiro atoms. The molecule has 19 heavy (non-hydrogen) atoms. The highest BCUT2D eigenvalue weighted by Crippen LogP contribution is 2.27. The zero-order valence-corrected chi connectivity index (χ0v) is 10.9. The van der Waals surface area contributed by atoms with Gasteiger partial charge in [-0.25, -0.2) is 0 Å². The van der Waals surface area contributed by atoms with E-state index >= 15 is 0 Å². The molecule has 98 valence electrons. The number of hydrogen-bond acceptors (Lipinski definition) is 3. The second kappa shape index (κ2) is 4.92. The summed E-state index contributed by atoms with van der Waals surface area (Å²) in [5.41, 5.74) is 0.625. The first-order valence-electron chi connectivity index (χ1n) is 6.66. The molecule has 0 amide bonds. The van der Waals surface area contributed by atoms with Crippen molar-refractivity contribution in [3.8, 4) is 5.75 Å². The van der Waals surface area contributed by atoms with Crippen molar-refractivity contribution in [2.75, 3.05) is 0 Å². The summed E-state index contributed by atoms with van der Waals surface area (Å²) >= 11 is 0. The Morgan fingerprint density at radius 3 is 2.53 bits per heavy atom. The van der Waals surface area contributed by atoms with Crippen LogP contribution in [0.25, 0.3) is 0 Å². The third-order valence-corrected chi connectivity index (χ3v) is 3.18. The summed E-state index contributed by atoms with van der Waals surface area (Å²) in [6.07, 6.45) is 3.43. The van der Waals surface area contributed by atoms with Gasteiger partial charge in [-0.2, -0.15) is 0 Å². The minimum Gasteiger partial charge on any atom is -0.490 e. The van der Waals surface area contributed by atoms with Crippen molar-refractivity contribution in [1.82, 2.24) is 0 Å². The number of carbonyl (C=O) groups is 1. The monoisotopic (exact) mass is 256 g/mol. The van der Waals surface area contributed by atoms with Gasteiger partial charge in [0.05, 0.1) is 6.10 Å². The van der Waals surface area contributed by atoms with Crippen molar-refractivity contribution in [1.29, 1.82) is 0 Å². The van der Waals surface area contributed by atoms with E-state index in [1.165, 1.54) is 0 Å². The minimum absolute atomic E-state index is 0.0855. The minimum atomic E-state index is -0.0855. The average Bonchev–Trinajstić information content (AvgIpc) is 3.12. The molecule has 0 radical (unpaired) electrons. The van der Waals surface area contributed by atoms with Gasteiger partial charge in [-0.3, -0.25) is 4.79 Å². The van der Waals surface area contributed by atoms with Crippen LogP contribution in [-0.4, -0.2) is 11.9 Å². The third-order valence-electron chi connectivity index (χ3n) is 3.18.